The Bertz CT molecular complexity index is 1330. The highest BCUT2D eigenvalue weighted by Crippen LogP contribution is 2.44. The molecule has 3 heterocycles. The first-order valence-corrected chi connectivity index (χ1v) is 12.8. The summed E-state index contributed by atoms with van der Waals surface area (Å²) in [5, 5.41) is 14.4. The number of nitrogens with two attached hydrogens (primary N) is 1. The van der Waals surface area contributed by atoms with Crippen LogP contribution in [0.4, 0.5) is 16.2 Å². The minimum Gasteiger partial charge on any atom is -0.383 e. The summed E-state index contributed by atoms with van der Waals surface area (Å²) >= 11 is 0. The Hall–Kier alpha value is -3.73. The van der Waals surface area contributed by atoms with Crippen molar-refractivity contribution in [1.29, 1.82) is 0 Å². The van der Waals surface area contributed by atoms with Gasteiger partial charge in [0.25, 0.3) is 0 Å². The summed E-state index contributed by atoms with van der Waals surface area (Å²) in [6.07, 6.45) is 1.80. The average molecular weight is 502 g/mol. The minimum absolute atomic E-state index is 0.00844. The molecular formula is C27H31N7O3. The van der Waals surface area contributed by atoms with E-state index in [1.807, 2.05) is 29.3 Å². The number of H-pyrrole nitrogens is 1. The number of benzene rings is 2. The molecule has 6 rings (SSSR count). The van der Waals surface area contributed by atoms with Crippen LogP contribution in [-0.4, -0.2) is 79.5 Å². The number of primary amides is 1. The summed E-state index contributed by atoms with van der Waals surface area (Å²) in [6, 6.07) is 13.1. The maximum atomic E-state index is 13.9. The Morgan fingerprint density at radius 3 is 2.65 bits per heavy atom. The maximum absolute atomic E-state index is 13.9. The lowest BCUT2D eigenvalue weighted by molar-refractivity contribution is 0.103. The van der Waals surface area contributed by atoms with Crippen molar-refractivity contribution in [3.63, 3.8) is 0 Å². The number of ether oxygens (including phenoxy) is 1. The van der Waals surface area contributed by atoms with E-state index in [1.165, 1.54) is 5.01 Å². The predicted molar refractivity (Wildman–Crippen MR) is 142 cm³/mol. The number of aromatic amines is 1. The maximum Gasteiger partial charge on any atom is 0.334 e. The van der Waals surface area contributed by atoms with Crippen molar-refractivity contribution in [3.8, 4) is 22.5 Å². The van der Waals surface area contributed by atoms with Gasteiger partial charge in [-0.1, -0.05) is 24.3 Å². The van der Waals surface area contributed by atoms with Gasteiger partial charge in [-0.25, -0.2) is 14.8 Å². The van der Waals surface area contributed by atoms with Gasteiger partial charge in [0, 0.05) is 56.6 Å². The van der Waals surface area contributed by atoms with Gasteiger partial charge in [0.1, 0.15) is 5.69 Å². The van der Waals surface area contributed by atoms with Gasteiger partial charge in [-0.3, -0.25) is 9.89 Å². The number of urea groups is 1. The third kappa shape index (κ3) is 3.97. The second-order valence-corrected chi connectivity index (χ2v) is 9.70. The number of carbonyl (C=O) groups excluding carboxylic acids is 2. The van der Waals surface area contributed by atoms with Gasteiger partial charge in [0.15, 0.2) is 5.78 Å². The molecule has 2 aromatic carbocycles. The van der Waals surface area contributed by atoms with Crippen molar-refractivity contribution in [3.05, 3.63) is 53.6 Å². The van der Waals surface area contributed by atoms with E-state index in [1.54, 1.807) is 13.2 Å². The molecule has 4 N–H and O–H groups in total. The molecule has 2 amide bonds. The number of hydrogen-bond acceptors (Lipinski definition) is 7. The molecule has 3 aromatic rings. The number of aromatic nitrogens is 2. The number of rotatable bonds is 6. The highest BCUT2D eigenvalue weighted by Gasteiger charge is 2.39. The molecule has 10 heteroatoms. The zero-order valence-corrected chi connectivity index (χ0v) is 20.9. The van der Waals surface area contributed by atoms with Gasteiger partial charge in [0.05, 0.1) is 35.2 Å². The van der Waals surface area contributed by atoms with Crippen LogP contribution >= 0.6 is 0 Å². The van der Waals surface area contributed by atoms with Crippen LogP contribution in [0.1, 0.15) is 28.8 Å². The average Bonchev–Trinajstić information content (AvgIpc) is 3.63. The molecule has 3 aliphatic rings. The molecule has 1 atom stereocenters. The number of carbonyl (C=O) groups is 2. The SMILES string of the molecule is COCC1CCCN1N(C(N)=O)c1cccc2c1C(=O)c1c(-c3ccc(N4CCNCC4)cc3)n[nH]c1-2. The molecule has 2 saturated heterocycles. The molecule has 2 aliphatic heterocycles. The largest absolute Gasteiger partial charge is 0.383 e. The third-order valence-electron chi connectivity index (χ3n) is 7.55. The summed E-state index contributed by atoms with van der Waals surface area (Å²) in [4.78, 5) is 29.0. The molecule has 1 aliphatic carbocycles. The number of nitrogens with zero attached hydrogens (tertiary/aromatic N) is 4. The number of amides is 2. The highest BCUT2D eigenvalue weighted by molar-refractivity contribution is 6.27. The highest BCUT2D eigenvalue weighted by atomic mass is 16.5. The number of hydrazine groups is 1. The van der Waals surface area contributed by atoms with E-state index in [4.69, 9.17) is 10.5 Å². The van der Waals surface area contributed by atoms with Crippen molar-refractivity contribution in [1.82, 2.24) is 20.5 Å². The lowest BCUT2D eigenvalue weighted by Crippen LogP contribution is -2.53. The van der Waals surface area contributed by atoms with Gasteiger partial charge in [-0.05, 0) is 31.0 Å². The smallest absolute Gasteiger partial charge is 0.334 e. The minimum atomic E-state index is -0.624. The van der Waals surface area contributed by atoms with Crippen LogP contribution in [0.3, 0.4) is 0 Å². The number of ketones is 1. The molecule has 10 nitrogen and oxygen atoms in total. The molecule has 1 unspecified atom stereocenters. The van der Waals surface area contributed by atoms with Crippen LogP contribution in [-0.2, 0) is 4.74 Å². The molecule has 2 fully saturated rings. The monoisotopic (exact) mass is 501 g/mol. The standard InChI is InChI=1S/C27H31N7O3/c1-37-16-19-4-3-13-33(19)34(27(28)36)21-6-2-5-20-22(21)26(35)23-24(30-31-25(20)23)17-7-9-18(10-8-17)32-14-11-29-12-15-32/h2,5-10,19,29H,3-4,11-16H2,1H3,(H2,28,36)(H,30,31). The quantitative estimate of drug-likeness (QED) is 0.372. The Morgan fingerprint density at radius 1 is 1.14 bits per heavy atom. The van der Waals surface area contributed by atoms with Gasteiger partial charge in [-0.2, -0.15) is 5.10 Å². The fourth-order valence-electron chi connectivity index (χ4n) is 5.84. The van der Waals surface area contributed by atoms with Gasteiger partial charge in [0.2, 0.25) is 0 Å². The van der Waals surface area contributed by atoms with E-state index in [0.29, 0.717) is 41.4 Å². The number of methoxy groups -OCH3 is 1. The van der Waals surface area contributed by atoms with E-state index in [-0.39, 0.29) is 11.8 Å². The molecule has 0 saturated carbocycles. The van der Waals surface area contributed by atoms with Gasteiger partial charge < -0.3 is 20.7 Å². The first-order chi connectivity index (χ1) is 18.1. The van der Waals surface area contributed by atoms with Crippen LogP contribution in [0.2, 0.25) is 0 Å². The first-order valence-electron chi connectivity index (χ1n) is 12.8. The number of anilines is 2. The Balaban J connectivity index is 1.35. The fraction of sp³-hybridized carbons (Fsp3) is 0.370. The van der Waals surface area contributed by atoms with E-state index < -0.39 is 6.03 Å². The second kappa shape index (κ2) is 9.62. The lowest BCUT2D eigenvalue weighted by Gasteiger charge is -2.35. The van der Waals surface area contributed by atoms with Crippen molar-refractivity contribution < 1.29 is 14.3 Å². The normalized spacial score (nSPS) is 19.2. The number of piperazine rings is 1. The Kier molecular flexibility index (Phi) is 6.15. The molecule has 0 radical (unpaired) electrons. The van der Waals surface area contributed by atoms with Gasteiger partial charge >= 0.3 is 6.03 Å². The van der Waals surface area contributed by atoms with E-state index in [2.05, 4.69) is 32.5 Å². The third-order valence-corrected chi connectivity index (χ3v) is 7.55. The van der Waals surface area contributed by atoms with Crippen molar-refractivity contribution in [2.75, 3.05) is 56.3 Å². The van der Waals surface area contributed by atoms with Crippen molar-refractivity contribution in [2.45, 2.75) is 18.9 Å². The van der Waals surface area contributed by atoms with Crippen LogP contribution in [0, 0.1) is 0 Å². The number of fused-ring (bicyclic) bond motifs is 3. The van der Waals surface area contributed by atoms with Crippen molar-refractivity contribution >= 4 is 23.2 Å². The zero-order chi connectivity index (χ0) is 25.5. The van der Waals surface area contributed by atoms with Crippen molar-refractivity contribution in [2.24, 2.45) is 5.73 Å². The molecule has 1 aromatic heterocycles. The Morgan fingerprint density at radius 2 is 1.92 bits per heavy atom. The lowest BCUT2D eigenvalue weighted by atomic mass is 10.0. The topological polar surface area (TPSA) is 120 Å². The van der Waals surface area contributed by atoms with Crippen LogP contribution in [0.15, 0.2) is 42.5 Å². The summed E-state index contributed by atoms with van der Waals surface area (Å²) < 4.78 is 5.38. The Labute approximate surface area is 215 Å². The summed E-state index contributed by atoms with van der Waals surface area (Å²) in [5.41, 5.74) is 11.4. The van der Waals surface area contributed by atoms with E-state index in [0.717, 1.165) is 55.8 Å². The zero-order valence-electron chi connectivity index (χ0n) is 20.9. The fourth-order valence-corrected chi connectivity index (χ4v) is 5.84. The number of nitrogens with one attached hydrogen (secondary N) is 2. The summed E-state index contributed by atoms with van der Waals surface area (Å²) in [5.74, 6) is -0.163. The summed E-state index contributed by atoms with van der Waals surface area (Å²) in [7, 11) is 1.64. The second-order valence-electron chi connectivity index (χ2n) is 9.70. The molecule has 192 valence electrons. The molecule has 37 heavy (non-hydrogen) atoms. The van der Waals surface area contributed by atoms with Crippen LogP contribution in [0.25, 0.3) is 22.5 Å². The molecule has 0 bridgehead atoms. The summed E-state index contributed by atoms with van der Waals surface area (Å²) in [6.45, 7) is 5.00. The van der Waals surface area contributed by atoms with Crippen LogP contribution in [0.5, 0.6) is 0 Å². The predicted octanol–water partition coefficient (Wildman–Crippen LogP) is 2.61. The molecular weight excluding hydrogens is 470 g/mol. The van der Waals surface area contributed by atoms with Gasteiger partial charge in [-0.15, -0.1) is 0 Å². The number of hydrogen-bond donors (Lipinski definition) is 3. The molecule has 0 spiro atoms. The van der Waals surface area contributed by atoms with E-state index >= 15 is 0 Å². The van der Waals surface area contributed by atoms with E-state index in [9.17, 15) is 9.59 Å². The first kappa shape index (κ1) is 23.7. The van der Waals surface area contributed by atoms with Crippen LogP contribution < -0.4 is 21.0 Å².